The first-order valence-corrected chi connectivity index (χ1v) is 7.38. The molecule has 0 heterocycles. The molecule has 1 fully saturated rings. The maximum Gasteiger partial charge on any atom is 0.0379 e. The predicted molar refractivity (Wildman–Crippen MR) is 81.9 cm³/mol. The number of fused-ring (bicyclic) bond motifs is 2. The Balaban J connectivity index is 1.96. The molecule has 0 aromatic heterocycles. The smallest absolute Gasteiger partial charge is 0.0379 e. The van der Waals surface area contributed by atoms with E-state index in [9.17, 15) is 0 Å². The summed E-state index contributed by atoms with van der Waals surface area (Å²) >= 11 is 0. The molecule has 2 aliphatic rings. The molecule has 0 amide bonds. The standard InChI is InChI=1S/C18H23N/c1-3-11-19(2)18-16-10-9-14(12-16)13-17(18)15-7-5-4-6-8-15/h3-8,13-14,16,18H,1,9-12H2,2H3/t14-,16-,18+/m0/s1. The van der Waals surface area contributed by atoms with Crippen molar-refractivity contribution < 1.29 is 0 Å². The summed E-state index contributed by atoms with van der Waals surface area (Å²) in [5, 5.41) is 0. The molecule has 1 aromatic rings. The van der Waals surface area contributed by atoms with Crippen LogP contribution in [0.15, 0.2) is 49.1 Å². The maximum absolute atomic E-state index is 3.89. The lowest BCUT2D eigenvalue weighted by molar-refractivity contribution is 0.236. The summed E-state index contributed by atoms with van der Waals surface area (Å²) in [6.07, 6.45) is 8.69. The zero-order chi connectivity index (χ0) is 13.2. The Morgan fingerprint density at radius 2 is 2.05 bits per heavy atom. The molecule has 2 aliphatic carbocycles. The molecule has 0 spiro atoms. The SMILES string of the molecule is C=CCN(C)[C@H]1C(c2ccccc2)=C[C@H]2CC[C@H]1C2. The summed E-state index contributed by atoms with van der Waals surface area (Å²) in [5.41, 5.74) is 2.95. The Morgan fingerprint density at radius 3 is 2.79 bits per heavy atom. The third-order valence-electron chi connectivity index (χ3n) is 4.69. The second-order valence-corrected chi connectivity index (χ2v) is 5.99. The number of benzene rings is 1. The average molecular weight is 253 g/mol. The second kappa shape index (κ2) is 5.34. The Kier molecular flexibility index (Phi) is 3.56. The summed E-state index contributed by atoms with van der Waals surface area (Å²) in [4.78, 5) is 2.47. The molecule has 0 N–H and O–H groups in total. The van der Waals surface area contributed by atoms with E-state index >= 15 is 0 Å². The molecule has 3 rings (SSSR count). The van der Waals surface area contributed by atoms with Gasteiger partial charge in [-0.1, -0.05) is 42.5 Å². The number of rotatable bonds is 4. The summed E-state index contributed by atoms with van der Waals surface area (Å²) < 4.78 is 0. The van der Waals surface area contributed by atoms with E-state index in [0.717, 1.165) is 18.4 Å². The van der Waals surface area contributed by atoms with E-state index in [1.54, 1.807) is 5.57 Å². The van der Waals surface area contributed by atoms with Crippen LogP contribution in [0, 0.1) is 11.8 Å². The van der Waals surface area contributed by atoms with Gasteiger partial charge in [0.1, 0.15) is 0 Å². The molecule has 2 bridgehead atoms. The van der Waals surface area contributed by atoms with Crippen molar-refractivity contribution in [2.75, 3.05) is 13.6 Å². The minimum atomic E-state index is 0.569. The Morgan fingerprint density at radius 1 is 1.26 bits per heavy atom. The quantitative estimate of drug-likeness (QED) is 0.733. The van der Waals surface area contributed by atoms with Gasteiger partial charge in [-0.15, -0.1) is 6.58 Å². The van der Waals surface area contributed by atoms with Gasteiger partial charge in [-0.05, 0) is 49.3 Å². The normalized spacial score (nSPS) is 29.4. The van der Waals surface area contributed by atoms with E-state index in [1.165, 1.54) is 24.8 Å². The van der Waals surface area contributed by atoms with Crippen LogP contribution in [0.5, 0.6) is 0 Å². The highest BCUT2D eigenvalue weighted by molar-refractivity contribution is 5.71. The first-order valence-electron chi connectivity index (χ1n) is 7.38. The molecule has 19 heavy (non-hydrogen) atoms. The Labute approximate surface area is 116 Å². The first kappa shape index (κ1) is 12.7. The van der Waals surface area contributed by atoms with E-state index in [0.29, 0.717) is 6.04 Å². The minimum absolute atomic E-state index is 0.569. The molecule has 100 valence electrons. The third kappa shape index (κ3) is 2.40. The van der Waals surface area contributed by atoms with Crippen LogP contribution in [0.3, 0.4) is 0 Å². The van der Waals surface area contributed by atoms with Gasteiger partial charge in [0.15, 0.2) is 0 Å². The monoisotopic (exact) mass is 253 g/mol. The van der Waals surface area contributed by atoms with E-state index in [2.05, 4.69) is 54.9 Å². The number of likely N-dealkylation sites (N-methyl/N-ethyl adjacent to an activating group) is 1. The summed E-state index contributed by atoms with van der Waals surface area (Å²) in [6, 6.07) is 11.5. The topological polar surface area (TPSA) is 3.24 Å². The molecule has 1 heteroatoms. The van der Waals surface area contributed by atoms with Crippen molar-refractivity contribution in [1.29, 1.82) is 0 Å². The van der Waals surface area contributed by atoms with Gasteiger partial charge in [-0.2, -0.15) is 0 Å². The van der Waals surface area contributed by atoms with Crippen LogP contribution >= 0.6 is 0 Å². The summed E-state index contributed by atoms with van der Waals surface area (Å²) in [6.45, 7) is 4.86. The summed E-state index contributed by atoms with van der Waals surface area (Å²) in [7, 11) is 2.24. The van der Waals surface area contributed by atoms with E-state index in [-0.39, 0.29) is 0 Å². The van der Waals surface area contributed by atoms with E-state index < -0.39 is 0 Å². The Hall–Kier alpha value is -1.34. The molecule has 1 nitrogen and oxygen atoms in total. The van der Waals surface area contributed by atoms with Crippen molar-refractivity contribution in [3.05, 3.63) is 54.6 Å². The second-order valence-electron chi connectivity index (χ2n) is 5.99. The zero-order valence-electron chi connectivity index (χ0n) is 11.8. The molecule has 3 atom stereocenters. The molecule has 1 saturated carbocycles. The highest BCUT2D eigenvalue weighted by Gasteiger charge is 2.38. The van der Waals surface area contributed by atoms with Gasteiger partial charge in [0, 0.05) is 12.6 Å². The van der Waals surface area contributed by atoms with E-state index in [4.69, 9.17) is 0 Å². The van der Waals surface area contributed by atoms with Crippen LogP contribution in [0.1, 0.15) is 24.8 Å². The van der Waals surface area contributed by atoms with Crippen LogP contribution in [0.4, 0.5) is 0 Å². The average Bonchev–Trinajstić information content (AvgIpc) is 2.81. The number of allylic oxidation sites excluding steroid dienone is 1. The minimum Gasteiger partial charge on any atom is -0.295 e. The van der Waals surface area contributed by atoms with Crippen molar-refractivity contribution in [2.45, 2.75) is 25.3 Å². The number of hydrogen-bond donors (Lipinski definition) is 0. The fraction of sp³-hybridized carbons (Fsp3) is 0.444. The molecule has 0 radical (unpaired) electrons. The highest BCUT2D eigenvalue weighted by Crippen LogP contribution is 2.45. The van der Waals surface area contributed by atoms with Crippen molar-refractivity contribution >= 4 is 5.57 Å². The predicted octanol–water partition coefficient (Wildman–Crippen LogP) is 3.99. The van der Waals surface area contributed by atoms with Crippen molar-refractivity contribution in [3.8, 4) is 0 Å². The van der Waals surface area contributed by atoms with Crippen LogP contribution in [0.2, 0.25) is 0 Å². The lowest BCUT2D eigenvalue weighted by Crippen LogP contribution is -2.39. The highest BCUT2D eigenvalue weighted by atomic mass is 15.1. The van der Waals surface area contributed by atoms with Gasteiger partial charge in [0.05, 0.1) is 0 Å². The number of hydrogen-bond acceptors (Lipinski definition) is 1. The molecular formula is C18H23N. The van der Waals surface area contributed by atoms with Crippen molar-refractivity contribution in [1.82, 2.24) is 4.90 Å². The molecule has 0 aliphatic heterocycles. The van der Waals surface area contributed by atoms with Gasteiger partial charge in [-0.3, -0.25) is 4.90 Å². The fourth-order valence-electron chi connectivity index (χ4n) is 3.91. The van der Waals surface area contributed by atoms with Crippen LogP contribution in [0.25, 0.3) is 5.57 Å². The summed E-state index contributed by atoms with van der Waals surface area (Å²) in [5.74, 6) is 1.64. The van der Waals surface area contributed by atoms with Crippen LogP contribution < -0.4 is 0 Å². The first-order chi connectivity index (χ1) is 9.29. The van der Waals surface area contributed by atoms with E-state index in [1.807, 2.05) is 6.08 Å². The molecule has 0 unspecified atom stereocenters. The lowest BCUT2D eigenvalue weighted by Gasteiger charge is -2.37. The van der Waals surface area contributed by atoms with Crippen LogP contribution in [-0.4, -0.2) is 24.5 Å². The molecular weight excluding hydrogens is 230 g/mol. The van der Waals surface area contributed by atoms with Crippen LogP contribution in [-0.2, 0) is 0 Å². The lowest BCUT2D eigenvalue weighted by atomic mass is 9.81. The zero-order valence-corrected chi connectivity index (χ0v) is 11.8. The third-order valence-corrected chi connectivity index (χ3v) is 4.69. The van der Waals surface area contributed by atoms with Gasteiger partial charge < -0.3 is 0 Å². The van der Waals surface area contributed by atoms with Gasteiger partial charge in [-0.25, -0.2) is 0 Å². The molecule has 1 aromatic carbocycles. The van der Waals surface area contributed by atoms with Gasteiger partial charge in [0.25, 0.3) is 0 Å². The van der Waals surface area contributed by atoms with Gasteiger partial charge in [0.2, 0.25) is 0 Å². The number of nitrogens with zero attached hydrogens (tertiary/aromatic N) is 1. The Bertz CT molecular complexity index is 474. The largest absolute Gasteiger partial charge is 0.295 e. The fourth-order valence-corrected chi connectivity index (χ4v) is 3.91. The maximum atomic E-state index is 3.89. The van der Waals surface area contributed by atoms with Crippen molar-refractivity contribution in [2.24, 2.45) is 11.8 Å². The van der Waals surface area contributed by atoms with Crippen molar-refractivity contribution in [3.63, 3.8) is 0 Å². The molecule has 0 saturated heterocycles. The van der Waals surface area contributed by atoms with Gasteiger partial charge >= 0.3 is 0 Å².